The largest absolute Gasteiger partial charge is 0.486 e. The Morgan fingerprint density at radius 1 is 1.25 bits per heavy atom. The molecule has 84 valence electrons. The van der Waals surface area contributed by atoms with Crippen LogP contribution in [0.1, 0.15) is 0 Å². The first kappa shape index (κ1) is 9.41. The summed E-state index contributed by atoms with van der Waals surface area (Å²) in [7, 11) is 0. The van der Waals surface area contributed by atoms with Crippen LogP contribution in [-0.2, 0) is 6.54 Å². The number of fused-ring (bicyclic) bond motifs is 2. The van der Waals surface area contributed by atoms with Gasteiger partial charge in [-0.25, -0.2) is 4.68 Å². The molecule has 0 saturated carbocycles. The van der Waals surface area contributed by atoms with Crippen molar-refractivity contribution in [3.8, 4) is 11.5 Å². The molecule has 1 N–H and O–H groups in total. The average Bonchev–Trinajstić information content (AvgIpc) is 2.70. The van der Waals surface area contributed by atoms with Crippen molar-refractivity contribution in [3.63, 3.8) is 0 Å². The van der Waals surface area contributed by atoms with E-state index in [9.17, 15) is 0 Å². The molecule has 1 aliphatic rings. The van der Waals surface area contributed by atoms with Crippen LogP contribution in [0.5, 0.6) is 11.5 Å². The molecule has 3 rings (SSSR count). The third kappa shape index (κ3) is 1.38. The van der Waals surface area contributed by atoms with E-state index in [1.54, 1.807) is 4.68 Å². The van der Waals surface area contributed by atoms with Crippen molar-refractivity contribution in [2.24, 2.45) is 0 Å². The lowest BCUT2D eigenvalue weighted by atomic mass is 10.2. The van der Waals surface area contributed by atoms with Gasteiger partial charge in [0.15, 0.2) is 11.5 Å². The summed E-state index contributed by atoms with van der Waals surface area (Å²) in [6.07, 6.45) is 0. The molecular weight excluding hydrogens is 210 g/mol. The van der Waals surface area contributed by atoms with E-state index >= 15 is 0 Å². The lowest BCUT2D eigenvalue weighted by molar-refractivity contribution is 0.172. The van der Waals surface area contributed by atoms with Crippen LogP contribution >= 0.6 is 0 Å². The van der Waals surface area contributed by atoms with Gasteiger partial charge < -0.3 is 14.6 Å². The summed E-state index contributed by atoms with van der Waals surface area (Å²) >= 11 is 0. The van der Waals surface area contributed by atoms with E-state index in [1.165, 1.54) is 0 Å². The molecule has 0 unspecified atom stereocenters. The van der Waals surface area contributed by atoms with E-state index in [2.05, 4.69) is 10.3 Å². The average molecular weight is 221 g/mol. The fourth-order valence-corrected chi connectivity index (χ4v) is 1.76. The maximum absolute atomic E-state index is 8.89. The zero-order chi connectivity index (χ0) is 11.0. The minimum absolute atomic E-state index is 0.0346. The van der Waals surface area contributed by atoms with E-state index < -0.39 is 0 Å². The normalized spacial score (nSPS) is 14.3. The van der Waals surface area contributed by atoms with Gasteiger partial charge in [0.2, 0.25) is 0 Å². The van der Waals surface area contributed by atoms with Crippen LogP contribution < -0.4 is 9.47 Å². The van der Waals surface area contributed by atoms with Crippen molar-refractivity contribution < 1.29 is 14.6 Å². The Kier molecular flexibility index (Phi) is 2.14. The molecule has 0 radical (unpaired) electrons. The van der Waals surface area contributed by atoms with Gasteiger partial charge in [0.05, 0.1) is 18.7 Å². The standard InChI is InChI=1S/C10H11N3O3/c14-2-1-13-8-6-10-9(15-3-4-16-10)5-7(8)11-12-13/h5-6,14H,1-4H2. The molecular formula is C10H11N3O3. The second kappa shape index (κ2) is 3.64. The first-order valence-electron chi connectivity index (χ1n) is 5.12. The van der Waals surface area contributed by atoms with Crippen molar-refractivity contribution in [1.82, 2.24) is 15.0 Å². The highest BCUT2D eigenvalue weighted by atomic mass is 16.6. The molecule has 0 bridgehead atoms. The number of aromatic nitrogens is 3. The zero-order valence-corrected chi connectivity index (χ0v) is 8.59. The molecule has 16 heavy (non-hydrogen) atoms. The van der Waals surface area contributed by atoms with Crippen LogP contribution in [0, 0.1) is 0 Å². The van der Waals surface area contributed by atoms with Crippen LogP contribution in [-0.4, -0.2) is 39.9 Å². The molecule has 6 heteroatoms. The van der Waals surface area contributed by atoms with Crippen LogP contribution in [0.2, 0.25) is 0 Å². The SMILES string of the molecule is OCCn1nnc2cc3c(cc21)OCCO3. The van der Waals surface area contributed by atoms with Crippen molar-refractivity contribution in [3.05, 3.63) is 12.1 Å². The molecule has 1 aromatic carbocycles. The number of ether oxygens (including phenoxy) is 2. The predicted molar refractivity (Wildman–Crippen MR) is 55.6 cm³/mol. The fourth-order valence-electron chi connectivity index (χ4n) is 1.76. The van der Waals surface area contributed by atoms with Crippen molar-refractivity contribution in [2.75, 3.05) is 19.8 Å². The Bertz CT molecular complexity index is 523. The monoisotopic (exact) mass is 221 g/mol. The molecule has 0 spiro atoms. The molecule has 0 amide bonds. The summed E-state index contributed by atoms with van der Waals surface area (Å²) < 4.78 is 12.6. The summed E-state index contributed by atoms with van der Waals surface area (Å²) in [4.78, 5) is 0. The highest BCUT2D eigenvalue weighted by Gasteiger charge is 2.15. The number of aliphatic hydroxyl groups excluding tert-OH is 1. The van der Waals surface area contributed by atoms with Gasteiger partial charge in [0.25, 0.3) is 0 Å². The fraction of sp³-hybridized carbons (Fsp3) is 0.400. The highest BCUT2D eigenvalue weighted by Crippen LogP contribution is 2.33. The molecule has 2 aromatic rings. The summed E-state index contributed by atoms with van der Waals surface area (Å²) in [5.41, 5.74) is 1.59. The summed E-state index contributed by atoms with van der Waals surface area (Å²) in [5.74, 6) is 1.41. The van der Waals surface area contributed by atoms with Crippen molar-refractivity contribution >= 4 is 11.0 Å². The van der Waals surface area contributed by atoms with Gasteiger partial charge in [-0.15, -0.1) is 5.10 Å². The van der Waals surface area contributed by atoms with Crippen molar-refractivity contribution in [1.29, 1.82) is 0 Å². The summed E-state index contributed by atoms with van der Waals surface area (Å²) in [5, 5.41) is 16.9. The Balaban J connectivity index is 2.14. The van der Waals surface area contributed by atoms with Crippen LogP contribution in [0.15, 0.2) is 12.1 Å². The number of benzene rings is 1. The van der Waals surface area contributed by atoms with Crippen LogP contribution in [0.4, 0.5) is 0 Å². The first-order valence-corrected chi connectivity index (χ1v) is 5.12. The van der Waals surface area contributed by atoms with Gasteiger partial charge in [-0.05, 0) is 0 Å². The molecule has 2 heterocycles. The lowest BCUT2D eigenvalue weighted by Gasteiger charge is -2.17. The minimum atomic E-state index is 0.0346. The third-order valence-electron chi connectivity index (χ3n) is 2.49. The lowest BCUT2D eigenvalue weighted by Crippen LogP contribution is -2.15. The number of nitrogens with zero attached hydrogens (tertiary/aromatic N) is 3. The highest BCUT2D eigenvalue weighted by molar-refractivity contribution is 5.79. The first-order chi connectivity index (χ1) is 7.88. The van der Waals surface area contributed by atoms with Gasteiger partial charge in [0.1, 0.15) is 18.7 Å². The molecule has 6 nitrogen and oxygen atoms in total. The van der Waals surface area contributed by atoms with E-state index in [1.807, 2.05) is 12.1 Å². The molecule has 0 fully saturated rings. The Morgan fingerprint density at radius 2 is 2.00 bits per heavy atom. The Morgan fingerprint density at radius 3 is 2.75 bits per heavy atom. The van der Waals surface area contributed by atoms with E-state index in [0.29, 0.717) is 31.3 Å². The quantitative estimate of drug-likeness (QED) is 0.784. The topological polar surface area (TPSA) is 69.4 Å². The second-order valence-corrected chi connectivity index (χ2v) is 3.52. The minimum Gasteiger partial charge on any atom is -0.486 e. The van der Waals surface area contributed by atoms with E-state index in [0.717, 1.165) is 11.0 Å². The smallest absolute Gasteiger partial charge is 0.163 e. The zero-order valence-electron chi connectivity index (χ0n) is 8.59. The van der Waals surface area contributed by atoms with Crippen LogP contribution in [0.3, 0.4) is 0 Å². The maximum atomic E-state index is 8.89. The Hall–Kier alpha value is -1.82. The van der Waals surface area contributed by atoms with Crippen LogP contribution in [0.25, 0.3) is 11.0 Å². The molecule has 1 aromatic heterocycles. The van der Waals surface area contributed by atoms with Gasteiger partial charge in [-0.3, -0.25) is 0 Å². The van der Waals surface area contributed by atoms with Gasteiger partial charge in [-0.2, -0.15) is 0 Å². The predicted octanol–water partition coefficient (Wildman–Crippen LogP) is 0.195. The molecule has 0 saturated heterocycles. The number of hydrogen-bond acceptors (Lipinski definition) is 5. The maximum Gasteiger partial charge on any atom is 0.163 e. The van der Waals surface area contributed by atoms with Gasteiger partial charge in [0, 0.05) is 12.1 Å². The molecule has 1 aliphatic heterocycles. The van der Waals surface area contributed by atoms with E-state index in [-0.39, 0.29) is 6.61 Å². The Labute approximate surface area is 91.4 Å². The number of aliphatic hydroxyl groups is 1. The van der Waals surface area contributed by atoms with Gasteiger partial charge >= 0.3 is 0 Å². The molecule has 0 atom stereocenters. The second-order valence-electron chi connectivity index (χ2n) is 3.52. The third-order valence-corrected chi connectivity index (χ3v) is 2.49. The van der Waals surface area contributed by atoms with Gasteiger partial charge in [-0.1, -0.05) is 5.21 Å². The summed E-state index contributed by atoms with van der Waals surface area (Å²) in [6, 6.07) is 3.66. The number of hydrogen-bond donors (Lipinski definition) is 1. The number of rotatable bonds is 2. The van der Waals surface area contributed by atoms with E-state index in [4.69, 9.17) is 14.6 Å². The molecule has 0 aliphatic carbocycles. The summed E-state index contributed by atoms with van der Waals surface area (Å²) in [6.45, 7) is 1.58. The van der Waals surface area contributed by atoms with Crippen molar-refractivity contribution in [2.45, 2.75) is 6.54 Å².